The Kier molecular flexibility index (Phi) is 6.99. The number of rotatable bonds is 7. The maximum atomic E-state index is 13.5. The lowest BCUT2D eigenvalue weighted by Gasteiger charge is -2.39. The number of aliphatic hydroxyl groups excluding tert-OH is 1. The van der Waals surface area contributed by atoms with Crippen LogP contribution in [0.4, 0.5) is 0 Å². The van der Waals surface area contributed by atoms with Gasteiger partial charge in [0.15, 0.2) is 11.5 Å². The van der Waals surface area contributed by atoms with Gasteiger partial charge in [-0.3, -0.25) is 9.59 Å². The Hall–Kier alpha value is -2.81. The number of hydrogen-bond acceptors (Lipinski definition) is 7. The number of aromatic hydroxyl groups is 2. The van der Waals surface area contributed by atoms with Crippen molar-refractivity contribution in [2.24, 2.45) is 16.7 Å². The van der Waals surface area contributed by atoms with E-state index in [0.29, 0.717) is 30.9 Å². The van der Waals surface area contributed by atoms with Crippen LogP contribution in [0.5, 0.6) is 11.5 Å². The quantitative estimate of drug-likeness (QED) is 0.323. The van der Waals surface area contributed by atoms with Gasteiger partial charge in [-0.05, 0) is 75.0 Å². The molecule has 37 heavy (non-hydrogen) atoms. The molecule has 1 aromatic rings. The Labute approximate surface area is 218 Å². The van der Waals surface area contributed by atoms with E-state index in [1.54, 1.807) is 13.8 Å². The largest absolute Gasteiger partial charge is 0.504 e. The minimum Gasteiger partial charge on any atom is -0.504 e. The average Bonchev–Trinajstić information content (AvgIpc) is 3.44. The van der Waals surface area contributed by atoms with E-state index in [4.69, 9.17) is 4.74 Å². The van der Waals surface area contributed by atoms with Crippen molar-refractivity contribution in [1.29, 1.82) is 0 Å². The van der Waals surface area contributed by atoms with Gasteiger partial charge in [0.25, 0.3) is 0 Å². The minimum atomic E-state index is -1.47. The van der Waals surface area contributed by atoms with E-state index in [2.05, 4.69) is 26.1 Å². The van der Waals surface area contributed by atoms with Gasteiger partial charge in [-0.2, -0.15) is 0 Å². The lowest BCUT2D eigenvalue weighted by Crippen LogP contribution is -2.59. The van der Waals surface area contributed by atoms with Crippen molar-refractivity contribution in [2.75, 3.05) is 6.54 Å². The zero-order chi connectivity index (χ0) is 27.3. The van der Waals surface area contributed by atoms with Crippen molar-refractivity contribution >= 4 is 17.8 Å². The molecule has 2 aliphatic carbocycles. The summed E-state index contributed by atoms with van der Waals surface area (Å²) < 4.78 is 6.07. The van der Waals surface area contributed by atoms with Crippen molar-refractivity contribution in [2.45, 2.75) is 96.9 Å². The first-order valence-electron chi connectivity index (χ1n) is 13.2. The first-order valence-corrected chi connectivity index (χ1v) is 13.2. The Morgan fingerprint density at radius 2 is 1.86 bits per heavy atom. The number of esters is 1. The van der Waals surface area contributed by atoms with E-state index < -0.39 is 29.5 Å². The highest BCUT2D eigenvalue weighted by Gasteiger charge is 2.63. The second kappa shape index (κ2) is 9.49. The third kappa shape index (κ3) is 4.78. The summed E-state index contributed by atoms with van der Waals surface area (Å²) in [6.45, 7) is 10.2. The SMILES string of the molecule is CC(C)(NC(=O)C(O)Cc1ccc(O)c(O)c1)C(=O)N1CCCC1C(=O)OC1CC2CCC1(C)C2(C)C. The Bertz CT molecular complexity index is 1080. The van der Waals surface area contributed by atoms with Crippen LogP contribution in [0.15, 0.2) is 18.2 Å². The Morgan fingerprint density at radius 1 is 1.16 bits per heavy atom. The van der Waals surface area contributed by atoms with E-state index in [9.17, 15) is 29.7 Å². The molecule has 2 bridgehead atoms. The molecule has 9 nitrogen and oxygen atoms in total. The molecule has 2 saturated carbocycles. The molecule has 1 heterocycles. The molecular weight excluding hydrogens is 476 g/mol. The number of phenolic OH excluding ortho intramolecular Hbond substituents is 2. The van der Waals surface area contributed by atoms with Crippen LogP contribution in [0, 0.1) is 16.7 Å². The van der Waals surface area contributed by atoms with Crippen LogP contribution in [0.2, 0.25) is 0 Å². The number of carbonyl (C=O) groups is 3. The van der Waals surface area contributed by atoms with Gasteiger partial charge in [-0.25, -0.2) is 4.79 Å². The van der Waals surface area contributed by atoms with Crippen molar-refractivity contribution in [3.63, 3.8) is 0 Å². The molecule has 5 unspecified atom stereocenters. The molecule has 0 aromatic heterocycles. The molecule has 0 radical (unpaired) electrons. The van der Waals surface area contributed by atoms with Crippen molar-refractivity contribution in [3.8, 4) is 11.5 Å². The van der Waals surface area contributed by atoms with E-state index in [-0.39, 0.29) is 40.8 Å². The molecule has 5 atom stereocenters. The molecule has 1 aromatic carbocycles. The number of phenols is 2. The van der Waals surface area contributed by atoms with E-state index >= 15 is 0 Å². The van der Waals surface area contributed by atoms with Crippen LogP contribution < -0.4 is 5.32 Å². The van der Waals surface area contributed by atoms with Gasteiger partial charge >= 0.3 is 5.97 Å². The zero-order valence-electron chi connectivity index (χ0n) is 22.4. The predicted molar refractivity (Wildman–Crippen MR) is 136 cm³/mol. The molecule has 2 amide bonds. The normalized spacial score (nSPS) is 29.2. The van der Waals surface area contributed by atoms with Gasteiger partial charge in [0.2, 0.25) is 11.8 Å². The van der Waals surface area contributed by atoms with Crippen LogP contribution in [-0.4, -0.2) is 68.3 Å². The fourth-order valence-electron chi connectivity index (χ4n) is 6.60. The molecule has 4 rings (SSSR count). The average molecular weight is 517 g/mol. The lowest BCUT2D eigenvalue weighted by atomic mass is 9.70. The number of likely N-dealkylation sites (tertiary alicyclic amines) is 1. The van der Waals surface area contributed by atoms with Gasteiger partial charge in [-0.15, -0.1) is 0 Å². The van der Waals surface area contributed by atoms with Crippen molar-refractivity contribution in [3.05, 3.63) is 23.8 Å². The van der Waals surface area contributed by atoms with Crippen LogP contribution in [0.1, 0.15) is 72.3 Å². The highest BCUT2D eigenvalue weighted by Crippen LogP contribution is 2.66. The molecule has 3 aliphatic rings. The summed E-state index contributed by atoms with van der Waals surface area (Å²) in [6, 6.07) is 3.33. The molecule has 3 fully saturated rings. The number of aliphatic hydroxyl groups is 1. The highest BCUT2D eigenvalue weighted by atomic mass is 16.5. The van der Waals surface area contributed by atoms with E-state index in [1.807, 2.05) is 0 Å². The molecular formula is C28H40N2O7. The third-order valence-corrected chi connectivity index (χ3v) is 9.50. The van der Waals surface area contributed by atoms with Gasteiger partial charge in [0.1, 0.15) is 23.8 Å². The fourth-order valence-corrected chi connectivity index (χ4v) is 6.60. The molecule has 1 saturated heterocycles. The third-order valence-electron chi connectivity index (χ3n) is 9.50. The van der Waals surface area contributed by atoms with Crippen LogP contribution >= 0.6 is 0 Å². The smallest absolute Gasteiger partial charge is 0.329 e. The minimum absolute atomic E-state index is 0.0710. The number of nitrogens with zero attached hydrogens (tertiary/aromatic N) is 1. The summed E-state index contributed by atoms with van der Waals surface area (Å²) in [6.07, 6.45) is 2.47. The number of benzene rings is 1. The highest BCUT2D eigenvalue weighted by molar-refractivity contribution is 5.94. The topological polar surface area (TPSA) is 136 Å². The summed E-state index contributed by atoms with van der Waals surface area (Å²) in [5.41, 5.74) is -0.881. The zero-order valence-corrected chi connectivity index (χ0v) is 22.4. The first kappa shape index (κ1) is 27.2. The maximum absolute atomic E-state index is 13.5. The van der Waals surface area contributed by atoms with Crippen LogP contribution in [0.25, 0.3) is 0 Å². The summed E-state index contributed by atoms with van der Waals surface area (Å²) in [5.74, 6) is -1.66. The molecule has 0 spiro atoms. The Morgan fingerprint density at radius 3 is 2.46 bits per heavy atom. The molecule has 204 valence electrons. The first-order chi connectivity index (χ1) is 17.2. The second-order valence-corrected chi connectivity index (χ2v) is 12.3. The number of fused-ring (bicyclic) bond motifs is 2. The maximum Gasteiger partial charge on any atom is 0.329 e. The standard InChI is InChI=1S/C28H40N2O7/c1-26(2)17-10-11-28(26,5)22(15-17)37-24(35)18-7-6-12-30(18)25(36)27(3,4)29-23(34)21(33)14-16-8-9-19(31)20(32)13-16/h8-9,13,17-18,21-22,31-33H,6-7,10-12,14-15H2,1-5H3,(H,29,34). The number of amides is 2. The lowest BCUT2D eigenvalue weighted by molar-refractivity contribution is -0.166. The number of nitrogens with one attached hydrogen (secondary N) is 1. The molecule has 4 N–H and O–H groups in total. The van der Waals surface area contributed by atoms with E-state index in [0.717, 1.165) is 19.3 Å². The monoisotopic (exact) mass is 516 g/mol. The second-order valence-electron chi connectivity index (χ2n) is 12.3. The van der Waals surface area contributed by atoms with Gasteiger partial charge in [-0.1, -0.05) is 26.8 Å². The number of hydrogen-bond donors (Lipinski definition) is 4. The van der Waals surface area contributed by atoms with Crippen molar-refractivity contribution in [1.82, 2.24) is 10.2 Å². The van der Waals surface area contributed by atoms with Crippen LogP contribution in [-0.2, 0) is 25.5 Å². The van der Waals surface area contributed by atoms with Gasteiger partial charge in [0.05, 0.1) is 0 Å². The predicted octanol–water partition coefficient (Wildman–Crippen LogP) is 2.64. The fraction of sp³-hybridized carbons (Fsp3) is 0.679. The Balaban J connectivity index is 1.38. The van der Waals surface area contributed by atoms with Crippen molar-refractivity contribution < 1.29 is 34.4 Å². The van der Waals surface area contributed by atoms with Crippen LogP contribution in [0.3, 0.4) is 0 Å². The summed E-state index contributed by atoms with van der Waals surface area (Å²) in [5, 5.41) is 32.1. The summed E-state index contributed by atoms with van der Waals surface area (Å²) >= 11 is 0. The molecule has 1 aliphatic heterocycles. The number of ether oxygens (including phenoxy) is 1. The molecule has 9 heteroatoms. The number of carbonyl (C=O) groups excluding carboxylic acids is 3. The van der Waals surface area contributed by atoms with Gasteiger partial charge < -0.3 is 30.3 Å². The van der Waals surface area contributed by atoms with Gasteiger partial charge in [0, 0.05) is 18.4 Å². The summed E-state index contributed by atoms with van der Waals surface area (Å²) in [7, 11) is 0. The summed E-state index contributed by atoms with van der Waals surface area (Å²) in [4.78, 5) is 41.0. The van der Waals surface area contributed by atoms with E-state index in [1.165, 1.54) is 23.1 Å².